The predicted octanol–water partition coefficient (Wildman–Crippen LogP) is 14.4. The summed E-state index contributed by atoms with van der Waals surface area (Å²) in [7, 11) is 0. The van der Waals surface area contributed by atoms with Crippen LogP contribution in [0.15, 0.2) is 0 Å². The fraction of sp³-hybridized carbons (Fsp3) is 0.981. The molecule has 0 heterocycles. The van der Waals surface area contributed by atoms with Crippen LogP contribution >= 0.6 is 0 Å². The van der Waals surface area contributed by atoms with Crippen molar-refractivity contribution in [3.8, 4) is 0 Å². The average molecular weight is 796 g/mol. The van der Waals surface area contributed by atoms with Crippen LogP contribution in [0.1, 0.15) is 316 Å². The number of carbonyl (C=O) groups is 1. The van der Waals surface area contributed by atoms with Crippen molar-refractivity contribution in [1.82, 2.24) is 4.90 Å². The zero-order chi connectivity index (χ0) is 40.7. The first-order chi connectivity index (χ1) is 27.6. The van der Waals surface area contributed by atoms with E-state index >= 15 is 0 Å². The summed E-state index contributed by atoms with van der Waals surface area (Å²) in [5.41, 5.74) is 0. The Morgan fingerprint density at radius 3 is 0.702 bits per heavy atom. The molecular formula is C53H106LiNO2. The largest absolute Gasteiger partial charge is 1.00 e. The molecule has 4 heteroatoms. The third-order valence-corrected chi connectivity index (χ3v) is 13.0. The van der Waals surface area contributed by atoms with E-state index in [1.165, 1.54) is 283 Å². The van der Waals surface area contributed by atoms with Crippen LogP contribution < -0.4 is 24.0 Å². The Kier molecular flexibility index (Phi) is 54.1. The van der Waals surface area contributed by atoms with E-state index in [0.717, 1.165) is 19.5 Å². The summed E-state index contributed by atoms with van der Waals surface area (Å²) in [6.45, 7) is 9.10. The van der Waals surface area contributed by atoms with Crippen molar-refractivity contribution >= 4 is 5.97 Å². The number of rotatable bonds is 50. The van der Waals surface area contributed by atoms with E-state index in [4.69, 9.17) is 0 Å². The Bertz CT molecular complexity index is 684. The number of unbranched alkanes of at least 4 members (excludes halogenated alkanes) is 42. The summed E-state index contributed by atoms with van der Waals surface area (Å²) in [4.78, 5) is 13.7. The molecule has 0 spiro atoms. The van der Waals surface area contributed by atoms with Crippen LogP contribution in [0, 0.1) is 0 Å². The van der Waals surface area contributed by atoms with Gasteiger partial charge in [-0.05, 0) is 45.7 Å². The van der Waals surface area contributed by atoms with Crippen LogP contribution in [0.4, 0.5) is 0 Å². The van der Waals surface area contributed by atoms with Crippen molar-refractivity contribution in [2.75, 3.05) is 13.1 Å². The van der Waals surface area contributed by atoms with Gasteiger partial charge in [-0.2, -0.15) is 0 Å². The van der Waals surface area contributed by atoms with Gasteiger partial charge >= 0.3 is 18.9 Å². The molecule has 57 heavy (non-hydrogen) atoms. The molecule has 0 aromatic rings. The SMILES string of the molecule is CCCCCCCCCCCCCCCCCCCCCCCCN(CCCCCCCCCCCCCCCCCCCCCCCC)C(C)CCC(=O)[O-].[Li+]. The maximum atomic E-state index is 11.1. The fourth-order valence-electron chi connectivity index (χ4n) is 8.91. The van der Waals surface area contributed by atoms with Crippen LogP contribution in [-0.4, -0.2) is 30.0 Å². The number of carboxylic acid groups (broad SMARTS) is 1. The minimum absolute atomic E-state index is 0. The minimum Gasteiger partial charge on any atom is -0.550 e. The first kappa shape index (κ1) is 59.1. The zero-order valence-electron chi connectivity index (χ0n) is 40.3. The molecule has 336 valence electrons. The van der Waals surface area contributed by atoms with Gasteiger partial charge < -0.3 is 14.8 Å². The van der Waals surface area contributed by atoms with E-state index in [0.29, 0.717) is 6.04 Å². The molecule has 0 aliphatic heterocycles. The molecule has 0 rings (SSSR count). The molecule has 0 aliphatic carbocycles. The quantitative estimate of drug-likeness (QED) is 0.0455. The van der Waals surface area contributed by atoms with E-state index in [1.807, 2.05) is 0 Å². The minimum atomic E-state index is -0.898. The first-order valence-electron chi connectivity index (χ1n) is 26.6. The third kappa shape index (κ3) is 50.3. The molecule has 0 aliphatic rings. The van der Waals surface area contributed by atoms with Gasteiger partial charge in [0, 0.05) is 12.0 Å². The molecule has 0 bridgehead atoms. The van der Waals surface area contributed by atoms with E-state index < -0.39 is 5.97 Å². The normalized spacial score (nSPS) is 12.1. The second-order valence-corrected chi connectivity index (χ2v) is 18.6. The van der Waals surface area contributed by atoms with E-state index in [9.17, 15) is 9.90 Å². The van der Waals surface area contributed by atoms with Gasteiger partial charge in [-0.1, -0.05) is 284 Å². The second kappa shape index (κ2) is 52.2. The van der Waals surface area contributed by atoms with Crippen LogP contribution in [-0.2, 0) is 4.79 Å². The summed E-state index contributed by atoms with van der Waals surface area (Å²) in [6, 6.07) is 0.345. The second-order valence-electron chi connectivity index (χ2n) is 18.6. The summed E-state index contributed by atoms with van der Waals surface area (Å²) in [5.74, 6) is -0.898. The molecule has 0 saturated carbocycles. The van der Waals surface area contributed by atoms with Gasteiger partial charge in [0.15, 0.2) is 0 Å². The van der Waals surface area contributed by atoms with Gasteiger partial charge in [0.1, 0.15) is 0 Å². The number of carbonyl (C=O) groups excluding carboxylic acids is 1. The van der Waals surface area contributed by atoms with Gasteiger partial charge in [-0.25, -0.2) is 0 Å². The molecule has 0 fully saturated rings. The summed E-state index contributed by atoms with van der Waals surface area (Å²) in [6.07, 6.45) is 63.6. The maximum absolute atomic E-state index is 11.1. The number of hydrogen-bond acceptors (Lipinski definition) is 3. The van der Waals surface area contributed by atoms with Gasteiger partial charge in [0.25, 0.3) is 0 Å². The first-order valence-corrected chi connectivity index (χ1v) is 26.6. The molecule has 3 nitrogen and oxygen atoms in total. The van der Waals surface area contributed by atoms with E-state index in [-0.39, 0.29) is 25.3 Å². The van der Waals surface area contributed by atoms with Crippen molar-refractivity contribution in [2.45, 2.75) is 322 Å². The topological polar surface area (TPSA) is 43.4 Å². The van der Waals surface area contributed by atoms with Crippen LogP contribution in [0.3, 0.4) is 0 Å². The molecule has 1 unspecified atom stereocenters. The van der Waals surface area contributed by atoms with Gasteiger partial charge in [-0.15, -0.1) is 0 Å². The molecule has 0 saturated heterocycles. The van der Waals surface area contributed by atoms with Crippen molar-refractivity contribution in [1.29, 1.82) is 0 Å². The smallest absolute Gasteiger partial charge is 0.550 e. The monoisotopic (exact) mass is 796 g/mol. The number of hydrogen-bond donors (Lipinski definition) is 0. The summed E-state index contributed by atoms with van der Waals surface area (Å²) in [5, 5.41) is 11.1. The molecule has 0 aromatic carbocycles. The number of nitrogens with zero attached hydrogens (tertiary/aromatic N) is 1. The summed E-state index contributed by atoms with van der Waals surface area (Å²) >= 11 is 0. The standard InChI is InChI=1S/C53H107NO2.Li/c1-4-6-8-10-12-14-16-18-20-22-24-26-28-30-32-34-36-38-40-42-44-46-50-54(52(3)48-49-53(55)56)51-47-45-43-41-39-37-35-33-31-29-27-25-23-21-19-17-15-13-11-9-7-5-2;/h52H,4-51H2,1-3H3,(H,55,56);/q;+1/p-1. The molecule has 0 amide bonds. The average Bonchev–Trinajstić information content (AvgIpc) is 3.19. The molecule has 0 N–H and O–H groups in total. The van der Waals surface area contributed by atoms with Crippen molar-refractivity contribution in [3.63, 3.8) is 0 Å². The van der Waals surface area contributed by atoms with Gasteiger partial charge in [0.2, 0.25) is 0 Å². The Morgan fingerprint density at radius 2 is 0.526 bits per heavy atom. The van der Waals surface area contributed by atoms with Gasteiger partial charge in [0.05, 0.1) is 0 Å². The number of aliphatic carboxylic acids is 1. The fourth-order valence-corrected chi connectivity index (χ4v) is 8.91. The van der Waals surface area contributed by atoms with E-state index in [2.05, 4.69) is 25.7 Å². The van der Waals surface area contributed by atoms with Crippen molar-refractivity contribution < 1.29 is 28.8 Å². The predicted molar refractivity (Wildman–Crippen MR) is 250 cm³/mol. The molecular weight excluding hydrogens is 690 g/mol. The zero-order valence-corrected chi connectivity index (χ0v) is 40.3. The van der Waals surface area contributed by atoms with Crippen LogP contribution in [0.25, 0.3) is 0 Å². The summed E-state index contributed by atoms with van der Waals surface area (Å²) < 4.78 is 0. The Balaban J connectivity index is 0. The van der Waals surface area contributed by atoms with Gasteiger partial charge in [-0.3, -0.25) is 0 Å². The third-order valence-electron chi connectivity index (χ3n) is 13.0. The Hall–Kier alpha value is 0.0274. The van der Waals surface area contributed by atoms with E-state index in [1.54, 1.807) is 0 Å². The maximum Gasteiger partial charge on any atom is 1.00 e. The van der Waals surface area contributed by atoms with Crippen molar-refractivity contribution in [2.24, 2.45) is 0 Å². The Labute approximate surface area is 373 Å². The van der Waals surface area contributed by atoms with Crippen LogP contribution in [0.2, 0.25) is 0 Å². The van der Waals surface area contributed by atoms with Crippen LogP contribution in [0.5, 0.6) is 0 Å². The molecule has 0 aromatic heterocycles. The molecule has 0 radical (unpaired) electrons. The Morgan fingerprint density at radius 1 is 0.351 bits per heavy atom. The number of carboxylic acids is 1. The molecule has 1 atom stereocenters. The van der Waals surface area contributed by atoms with Crippen molar-refractivity contribution in [3.05, 3.63) is 0 Å².